The average molecular weight is 220 g/mol. The van der Waals surface area contributed by atoms with Crippen LogP contribution in [0.2, 0.25) is 0 Å². The zero-order valence-electron chi connectivity index (χ0n) is 11.0. The normalized spacial score (nSPS) is 12.8. The van der Waals surface area contributed by atoms with E-state index >= 15 is 0 Å². The van der Waals surface area contributed by atoms with Crippen LogP contribution in [0, 0.1) is 5.92 Å². The lowest BCUT2D eigenvalue weighted by atomic mass is 10.0. The van der Waals surface area contributed by atoms with Gasteiger partial charge in [-0.25, -0.2) is 0 Å². The molecule has 0 aliphatic carbocycles. The molecule has 1 nitrogen and oxygen atoms in total. The van der Waals surface area contributed by atoms with Gasteiger partial charge in [0.15, 0.2) is 0 Å². The lowest BCUT2D eigenvalue weighted by Gasteiger charge is -2.11. The van der Waals surface area contributed by atoms with Crippen LogP contribution >= 0.6 is 0 Å². The molecule has 1 aromatic carbocycles. The fourth-order valence-corrected chi connectivity index (χ4v) is 1.53. The molecule has 0 spiro atoms. The Balaban J connectivity index is 2.38. The molecule has 0 radical (unpaired) electrons. The van der Waals surface area contributed by atoms with E-state index in [0.717, 1.165) is 24.7 Å². The van der Waals surface area contributed by atoms with Crippen molar-refractivity contribution in [3.05, 3.63) is 29.8 Å². The summed E-state index contributed by atoms with van der Waals surface area (Å²) in [6, 6.07) is 8.46. The van der Waals surface area contributed by atoms with Crippen LogP contribution in [0.5, 0.6) is 5.75 Å². The summed E-state index contributed by atoms with van der Waals surface area (Å²) in [5.41, 5.74) is 1.37. The highest BCUT2D eigenvalue weighted by Gasteiger charge is 2.01. The third-order valence-electron chi connectivity index (χ3n) is 3.12. The second-order valence-corrected chi connectivity index (χ2v) is 4.87. The van der Waals surface area contributed by atoms with E-state index in [4.69, 9.17) is 4.74 Å². The minimum atomic E-state index is 0.592. The predicted molar refractivity (Wildman–Crippen MR) is 70.1 cm³/mol. The molecular weight excluding hydrogens is 196 g/mol. The van der Waals surface area contributed by atoms with E-state index in [1.54, 1.807) is 0 Å². The Morgan fingerprint density at radius 3 is 2.19 bits per heavy atom. The van der Waals surface area contributed by atoms with E-state index in [2.05, 4.69) is 52.0 Å². The van der Waals surface area contributed by atoms with Gasteiger partial charge in [0.2, 0.25) is 0 Å². The summed E-state index contributed by atoms with van der Waals surface area (Å²) in [5.74, 6) is 2.34. The van der Waals surface area contributed by atoms with Gasteiger partial charge in [0.25, 0.3) is 0 Å². The Morgan fingerprint density at radius 1 is 1.06 bits per heavy atom. The molecule has 0 amide bonds. The number of rotatable bonds is 6. The standard InChI is InChI=1S/C15H24O/c1-5-13(4)10-11-16-15-8-6-14(7-9-15)12(2)3/h6-9,12-13H,5,10-11H2,1-4H3/t13-/m0/s1. The molecule has 0 fully saturated rings. The number of benzene rings is 1. The molecule has 0 heterocycles. The fraction of sp³-hybridized carbons (Fsp3) is 0.600. The molecule has 90 valence electrons. The Bertz CT molecular complexity index is 287. The largest absolute Gasteiger partial charge is 0.494 e. The van der Waals surface area contributed by atoms with Gasteiger partial charge in [-0.15, -0.1) is 0 Å². The van der Waals surface area contributed by atoms with Crippen molar-refractivity contribution < 1.29 is 4.74 Å². The molecule has 16 heavy (non-hydrogen) atoms. The van der Waals surface area contributed by atoms with Crippen molar-refractivity contribution in [3.8, 4) is 5.75 Å². The number of ether oxygens (including phenoxy) is 1. The van der Waals surface area contributed by atoms with Crippen LogP contribution in [0.25, 0.3) is 0 Å². The minimum Gasteiger partial charge on any atom is -0.494 e. The molecule has 0 aromatic heterocycles. The first-order valence-electron chi connectivity index (χ1n) is 6.36. The highest BCUT2D eigenvalue weighted by Crippen LogP contribution is 2.19. The molecular formula is C15H24O. The molecule has 1 atom stereocenters. The van der Waals surface area contributed by atoms with Crippen LogP contribution in [-0.4, -0.2) is 6.61 Å². The zero-order valence-corrected chi connectivity index (χ0v) is 11.0. The van der Waals surface area contributed by atoms with Crippen molar-refractivity contribution in [2.75, 3.05) is 6.61 Å². The van der Waals surface area contributed by atoms with Crippen molar-refractivity contribution >= 4 is 0 Å². The monoisotopic (exact) mass is 220 g/mol. The zero-order chi connectivity index (χ0) is 12.0. The summed E-state index contributed by atoms with van der Waals surface area (Å²) >= 11 is 0. The predicted octanol–water partition coefficient (Wildman–Crippen LogP) is 4.63. The van der Waals surface area contributed by atoms with Crippen molar-refractivity contribution in [1.82, 2.24) is 0 Å². The van der Waals surface area contributed by atoms with Gasteiger partial charge in [0.05, 0.1) is 6.61 Å². The molecule has 0 saturated heterocycles. The molecule has 0 saturated carbocycles. The minimum absolute atomic E-state index is 0.592. The Hall–Kier alpha value is -0.980. The van der Waals surface area contributed by atoms with E-state index in [0.29, 0.717) is 5.92 Å². The second-order valence-electron chi connectivity index (χ2n) is 4.87. The highest BCUT2D eigenvalue weighted by molar-refractivity contribution is 5.28. The van der Waals surface area contributed by atoms with Gasteiger partial charge in [0.1, 0.15) is 5.75 Å². The maximum absolute atomic E-state index is 5.71. The van der Waals surface area contributed by atoms with Gasteiger partial charge in [0, 0.05) is 0 Å². The van der Waals surface area contributed by atoms with E-state index in [9.17, 15) is 0 Å². The maximum Gasteiger partial charge on any atom is 0.119 e. The summed E-state index contributed by atoms with van der Waals surface area (Å²) < 4.78 is 5.71. The number of hydrogen-bond donors (Lipinski definition) is 0. The molecule has 0 N–H and O–H groups in total. The second kappa shape index (κ2) is 6.57. The molecule has 0 bridgehead atoms. The van der Waals surface area contributed by atoms with Gasteiger partial charge in [-0.2, -0.15) is 0 Å². The van der Waals surface area contributed by atoms with Gasteiger partial charge < -0.3 is 4.74 Å². The third-order valence-corrected chi connectivity index (χ3v) is 3.12. The van der Waals surface area contributed by atoms with Gasteiger partial charge in [-0.1, -0.05) is 46.2 Å². The summed E-state index contributed by atoms with van der Waals surface area (Å²) in [5, 5.41) is 0. The molecule has 0 unspecified atom stereocenters. The summed E-state index contributed by atoms with van der Waals surface area (Å²) in [7, 11) is 0. The van der Waals surface area contributed by atoms with Crippen molar-refractivity contribution in [1.29, 1.82) is 0 Å². The maximum atomic E-state index is 5.71. The molecule has 1 rings (SSSR count). The van der Waals surface area contributed by atoms with E-state index in [1.165, 1.54) is 12.0 Å². The third kappa shape index (κ3) is 4.26. The van der Waals surface area contributed by atoms with E-state index in [1.807, 2.05) is 0 Å². The molecule has 0 aliphatic heterocycles. The first kappa shape index (κ1) is 13.1. The van der Waals surface area contributed by atoms with E-state index < -0.39 is 0 Å². The SMILES string of the molecule is CC[C@H](C)CCOc1ccc(C(C)C)cc1. The average Bonchev–Trinajstić information content (AvgIpc) is 2.29. The van der Waals surface area contributed by atoms with Crippen molar-refractivity contribution in [2.45, 2.75) is 46.5 Å². The smallest absolute Gasteiger partial charge is 0.119 e. The fourth-order valence-electron chi connectivity index (χ4n) is 1.53. The molecule has 0 aliphatic rings. The quantitative estimate of drug-likeness (QED) is 0.679. The first-order chi connectivity index (χ1) is 7.63. The van der Waals surface area contributed by atoms with E-state index in [-0.39, 0.29) is 0 Å². The van der Waals surface area contributed by atoms with Gasteiger partial charge in [-0.3, -0.25) is 0 Å². The van der Waals surface area contributed by atoms with Crippen molar-refractivity contribution in [3.63, 3.8) is 0 Å². The van der Waals surface area contributed by atoms with Crippen LogP contribution < -0.4 is 4.74 Å². The van der Waals surface area contributed by atoms with Gasteiger partial charge in [-0.05, 0) is 36.0 Å². The summed E-state index contributed by atoms with van der Waals surface area (Å²) in [4.78, 5) is 0. The Kier molecular flexibility index (Phi) is 5.37. The van der Waals surface area contributed by atoms with Crippen LogP contribution in [0.15, 0.2) is 24.3 Å². The Morgan fingerprint density at radius 2 is 1.69 bits per heavy atom. The van der Waals surface area contributed by atoms with Crippen LogP contribution in [0.3, 0.4) is 0 Å². The lowest BCUT2D eigenvalue weighted by Crippen LogP contribution is -2.03. The van der Waals surface area contributed by atoms with Crippen LogP contribution in [-0.2, 0) is 0 Å². The Labute approximate surface area is 99.8 Å². The number of hydrogen-bond acceptors (Lipinski definition) is 1. The highest BCUT2D eigenvalue weighted by atomic mass is 16.5. The van der Waals surface area contributed by atoms with Crippen LogP contribution in [0.4, 0.5) is 0 Å². The molecule has 1 aromatic rings. The van der Waals surface area contributed by atoms with Crippen LogP contribution in [0.1, 0.15) is 52.0 Å². The van der Waals surface area contributed by atoms with Crippen molar-refractivity contribution in [2.24, 2.45) is 5.92 Å². The topological polar surface area (TPSA) is 9.23 Å². The molecule has 1 heteroatoms. The summed E-state index contributed by atoms with van der Waals surface area (Å²) in [6.45, 7) is 9.74. The first-order valence-corrected chi connectivity index (χ1v) is 6.36. The summed E-state index contributed by atoms with van der Waals surface area (Å²) in [6.07, 6.45) is 2.37. The lowest BCUT2D eigenvalue weighted by molar-refractivity contribution is 0.281. The van der Waals surface area contributed by atoms with Gasteiger partial charge >= 0.3 is 0 Å².